The summed E-state index contributed by atoms with van der Waals surface area (Å²) >= 11 is 0. The summed E-state index contributed by atoms with van der Waals surface area (Å²) in [7, 11) is 0. The molecule has 20 heavy (non-hydrogen) atoms. The minimum Gasteiger partial charge on any atom is -0.395 e. The predicted molar refractivity (Wildman–Crippen MR) is 73.9 cm³/mol. The Labute approximate surface area is 117 Å². The van der Waals surface area contributed by atoms with E-state index >= 15 is 0 Å². The van der Waals surface area contributed by atoms with Crippen molar-refractivity contribution in [1.29, 1.82) is 0 Å². The van der Waals surface area contributed by atoms with Gasteiger partial charge in [-0.25, -0.2) is 0 Å². The number of aromatic nitrogens is 1. The number of nitrogens with zero attached hydrogens (tertiary/aromatic N) is 2. The molecule has 0 spiro atoms. The van der Waals surface area contributed by atoms with E-state index in [1.165, 1.54) is 12.5 Å². The summed E-state index contributed by atoms with van der Waals surface area (Å²) < 4.78 is 5.92. The zero-order valence-corrected chi connectivity index (χ0v) is 11.9. The highest BCUT2D eigenvalue weighted by atomic mass is 16.5. The average Bonchev–Trinajstić information content (AvgIpc) is 2.78. The van der Waals surface area contributed by atoms with E-state index in [-0.39, 0.29) is 19.1 Å². The highest BCUT2D eigenvalue weighted by Crippen LogP contribution is 2.22. The highest BCUT2D eigenvalue weighted by molar-refractivity contribution is 5.79. The van der Waals surface area contributed by atoms with E-state index in [0.717, 1.165) is 30.4 Å². The number of rotatable bonds is 5. The first-order valence-electron chi connectivity index (χ1n) is 7.20. The monoisotopic (exact) mass is 282 g/mol. The summed E-state index contributed by atoms with van der Waals surface area (Å²) in [5.74, 6) is 0.0526. The molecule has 0 atom stereocenters. The lowest BCUT2D eigenvalue weighted by atomic mass is 9.94. The SMILES string of the molecule is Cc1cc(=O)n(C(=O)CN(CCO)C2CCCCC2)o1. The topological polar surface area (TPSA) is 75.7 Å². The van der Waals surface area contributed by atoms with E-state index in [4.69, 9.17) is 9.63 Å². The molecule has 1 fully saturated rings. The molecule has 6 heteroatoms. The zero-order chi connectivity index (χ0) is 14.5. The summed E-state index contributed by atoms with van der Waals surface area (Å²) in [5, 5.41) is 9.16. The van der Waals surface area contributed by atoms with Crippen LogP contribution in [0.2, 0.25) is 0 Å². The smallest absolute Gasteiger partial charge is 0.290 e. The molecule has 0 amide bonds. The van der Waals surface area contributed by atoms with Crippen LogP contribution in [0.5, 0.6) is 0 Å². The van der Waals surface area contributed by atoms with Crippen molar-refractivity contribution in [1.82, 2.24) is 9.64 Å². The summed E-state index contributed by atoms with van der Waals surface area (Å²) in [5.41, 5.74) is -0.430. The molecular formula is C14H22N2O4. The maximum atomic E-state index is 12.2. The maximum Gasteiger partial charge on any atom is 0.290 e. The normalized spacial score (nSPS) is 16.8. The molecule has 1 N–H and O–H groups in total. The first kappa shape index (κ1) is 15.0. The van der Waals surface area contributed by atoms with Crippen molar-refractivity contribution in [3.63, 3.8) is 0 Å². The molecule has 0 unspecified atom stereocenters. The first-order valence-corrected chi connectivity index (χ1v) is 7.20. The molecule has 2 rings (SSSR count). The quantitative estimate of drug-likeness (QED) is 0.872. The molecule has 0 aromatic carbocycles. The van der Waals surface area contributed by atoms with Crippen molar-refractivity contribution < 1.29 is 14.4 Å². The number of hydrogen-bond donors (Lipinski definition) is 1. The highest BCUT2D eigenvalue weighted by Gasteiger charge is 2.24. The number of hydrogen-bond acceptors (Lipinski definition) is 5. The van der Waals surface area contributed by atoms with Crippen molar-refractivity contribution in [2.24, 2.45) is 0 Å². The van der Waals surface area contributed by atoms with Gasteiger partial charge in [-0.3, -0.25) is 14.5 Å². The van der Waals surface area contributed by atoms with Gasteiger partial charge in [-0.15, -0.1) is 4.74 Å². The third-order valence-corrected chi connectivity index (χ3v) is 3.81. The van der Waals surface area contributed by atoms with E-state index in [2.05, 4.69) is 0 Å². The minimum atomic E-state index is -0.430. The summed E-state index contributed by atoms with van der Waals surface area (Å²) in [6.45, 7) is 2.20. The van der Waals surface area contributed by atoms with Crippen LogP contribution >= 0.6 is 0 Å². The van der Waals surface area contributed by atoms with Crippen LogP contribution in [0.25, 0.3) is 0 Å². The van der Waals surface area contributed by atoms with E-state index in [0.29, 0.717) is 18.3 Å². The second-order valence-corrected chi connectivity index (χ2v) is 5.36. The Kier molecular flexibility index (Phi) is 5.14. The van der Waals surface area contributed by atoms with Crippen molar-refractivity contribution in [2.75, 3.05) is 19.7 Å². The van der Waals surface area contributed by atoms with Crippen LogP contribution < -0.4 is 5.56 Å². The molecule has 1 aromatic rings. The molecule has 0 saturated heterocycles. The molecule has 1 aliphatic carbocycles. The van der Waals surface area contributed by atoms with Crippen LogP contribution in [0.15, 0.2) is 15.4 Å². The second kappa shape index (κ2) is 6.85. The Morgan fingerprint density at radius 3 is 2.70 bits per heavy atom. The Morgan fingerprint density at radius 1 is 1.45 bits per heavy atom. The third kappa shape index (κ3) is 3.58. The molecule has 0 radical (unpaired) electrons. The van der Waals surface area contributed by atoms with Crippen LogP contribution in [0, 0.1) is 6.92 Å². The van der Waals surface area contributed by atoms with Gasteiger partial charge in [0.25, 0.3) is 11.5 Å². The molecule has 1 heterocycles. The molecule has 6 nitrogen and oxygen atoms in total. The van der Waals surface area contributed by atoms with Gasteiger partial charge < -0.3 is 9.63 Å². The number of aliphatic hydroxyl groups is 1. The molecule has 1 aliphatic rings. The Hall–Kier alpha value is -1.40. The number of carbonyl (C=O) groups excluding carboxylic acids is 1. The summed E-state index contributed by atoms with van der Waals surface area (Å²) in [6, 6.07) is 1.61. The van der Waals surface area contributed by atoms with Crippen LogP contribution in [0.4, 0.5) is 0 Å². The fourth-order valence-corrected chi connectivity index (χ4v) is 2.82. The lowest BCUT2D eigenvalue weighted by Crippen LogP contribution is -2.44. The fourth-order valence-electron chi connectivity index (χ4n) is 2.82. The lowest BCUT2D eigenvalue weighted by molar-refractivity contribution is 0.0618. The van der Waals surface area contributed by atoms with Crippen LogP contribution in [0.3, 0.4) is 0 Å². The summed E-state index contributed by atoms with van der Waals surface area (Å²) in [4.78, 5) is 25.7. The largest absolute Gasteiger partial charge is 0.395 e. The molecular weight excluding hydrogens is 260 g/mol. The van der Waals surface area contributed by atoms with Crippen molar-refractivity contribution in [3.05, 3.63) is 22.2 Å². The zero-order valence-electron chi connectivity index (χ0n) is 11.9. The summed E-state index contributed by atoms with van der Waals surface area (Å²) in [6.07, 6.45) is 5.62. The van der Waals surface area contributed by atoms with Crippen molar-refractivity contribution >= 4 is 5.91 Å². The van der Waals surface area contributed by atoms with Gasteiger partial charge >= 0.3 is 0 Å². The Morgan fingerprint density at radius 2 is 2.15 bits per heavy atom. The first-order chi connectivity index (χ1) is 9.61. The van der Waals surface area contributed by atoms with E-state index in [1.807, 2.05) is 4.90 Å². The second-order valence-electron chi connectivity index (χ2n) is 5.36. The van der Waals surface area contributed by atoms with Gasteiger partial charge in [0.1, 0.15) is 5.76 Å². The van der Waals surface area contributed by atoms with Crippen molar-refractivity contribution in [3.8, 4) is 0 Å². The average molecular weight is 282 g/mol. The molecule has 0 bridgehead atoms. The number of aryl methyl sites for hydroxylation is 1. The van der Waals surface area contributed by atoms with E-state index < -0.39 is 5.56 Å². The standard InChI is InChI=1S/C14H22N2O4/c1-11-9-13(18)16(20-11)14(19)10-15(7-8-17)12-5-3-2-4-6-12/h9,12,17H,2-8,10H2,1H3. The third-order valence-electron chi connectivity index (χ3n) is 3.81. The minimum absolute atomic E-state index is 0.00978. The van der Waals surface area contributed by atoms with Gasteiger partial charge in [0.15, 0.2) is 0 Å². The van der Waals surface area contributed by atoms with E-state index in [9.17, 15) is 9.59 Å². The van der Waals surface area contributed by atoms with Gasteiger partial charge in [-0.2, -0.15) is 0 Å². The number of aliphatic hydroxyl groups excluding tert-OH is 1. The van der Waals surface area contributed by atoms with Gasteiger partial charge in [0, 0.05) is 18.7 Å². The maximum absolute atomic E-state index is 12.2. The predicted octanol–water partition coefficient (Wildman–Crippen LogP) is 1.02. The van der Waals surface area contributed by atoms with Crippen LogP contribution in [-0.2, 0) is 0 Å². The fraction of sp³-hybridized carbons (Fsp3) is 0.714. The van der Waals surface area contributed by atoms with Gasteiger partial charge in [-0.05, 0) is 19.8 Å². The van der Waals surface area contributed by atoms with E-state index in [1.54, 1.807) is 6.92 Å². The number of carbonyl (C=O) groups is 1. The lowest BCUT2D eigenvalue weighted by Gasteiger charge is -2.33. The Bertz CT molecular complexity index is 500. The van der Waals surface area contributed by atoms with Crippen molar-refractivity contribution in [2.45, 2.75) is 45.1 Å². The molecule has 112 valence electrons. The van der Waals surface area contributed by atoms with Gasteiger partial charge in [0.05, 0.1) is 13.2 Å². The molecule has 0 aliphatic heterocycles. The molecule has 1 aromatic heterocycles. The van der Waals surface area contributed by atoms with Crippen LogP contribution in [0.1, 0.15) is 42.7 Å². The van der Waals surface area contributed by atoms with Crippen LogP contribution in [-0.4, -0.2) is 46.4 Å². The van der Waals surface area contributed by atoms with Gasteiger partial charge in [0.2, 0.25) is 0 Å². The van der Waals surface area contributed by atoms with Gasteiger partial charge in [-0.1, -0.05) is 19.3 Å². The Balaban J connectivity index is 2.05. The molecule has 1 saturated carbocycles.